The molecule has 0 amide bonds. The zero-order chi connectivity index (χ0) is 14.4. The minimum atomic E-state index is 0.421. The molecule has 0 saturated carbocycles. The van der Waals surface area contributed by atoms with E-state index in [1.807, 2.05) is 17.4 Å². The minimum absolute atomic E-state index is 0.421. The lowest BCUT2D eigenvalue weighted by Crippen LogP contribution is -2.28. The molecule has 3 unspecified atom stereocenters. The first-order chi connectivity index (χ1) is 10.3. The van der Waals surface area contributed by atoms with E-state index in [1.165, 1.54) is 21.0 Å². The first-order valence-electron chi connectivity index (χ1n) is 7.44. The maximum atomic E-state index is 5.39. The van der Waals surface area contributed by atoms with Gasteiger partial charge in [0.25, 0.3) is 0 Å². The lowest BCUT2D eigenvalue weighted by molar-refractivity contribution is 0.406. The summed E-state index contributed by atoms with van der Waals surface area (Å²) in [7, 11) is 1.73. The van der Waals surface area contributed by atoms with Crippen LogP contribution in [0, 0.1) is 12.8 Å². The van der Waals surface area contributed by atoms with Crippen molar-refractivity contribution in [3.05, 3.63) is 57.8 Å². The first-order valence-corrected chi connectivity index (χ1v) is 8.25. The highest BCUT2D eigenvalue weighted by Crippen LogP contribution is 2.51. The van der Waals surface area contributed by atoms with Crippen LogP contribution in [0.3, 0.4) is 0 Å². The molecule has 0 spiro atoms. The van der Waals surface area contributed by atoms with Gasteiger partial charge < -0.3 is 10.1 Å². The van der Waals surface area contributed by atoms with Gasteiger partial charge in [0.05, 0.1) is 13.2 Å². The highest BCUT2D eigenvalue weighted by Gasteiger charge is 2.38. The monoisotopic (exact) mass is 297 g/mol. The molecule has 0 saturated heterocycles. The fraction of sp³-hybridized carbons (Fsp3) is 0.333. The second-order valence-corrected chi connectivity index (χ2v) is 7.20. The van der Waals surface area contributed by atoms with Crippen LogP contribution < -0.4 is 10.1 Å². The highest BCUT2D eigenvalue weighted by molar-refractivity contribution is 7.12. The number of hydrogen-bond acceptors (Lipinski definition) is 3. The van der Waals surface area contributed by atoms with Crippen LogP contribution in [0.1, 0.15) is 33.7 Å². The number of anilines is 1. The van der Waals surface area contributed by atoms with Crippen LogP contribution in [0.4, 0.5) is 5.69 Å². The van der Waals surface area contributed by atoms with Gasteiger partial charge in [0.2, 0.25) is 0 Å². The van der Waals surface area contributed by atoms with Crippen LogP contribution in [-0.2, 0) is 0 Å². The smallest absolute Gasteiger partial charge is 0.119 e. The van der Waals surface area contributed by atoms with E-state index in [-0.39, 0.29) is 0 Å². The summed E-state index contributed by atoms with van der Waals surface area (Å²) in [4.78, 5) is 2.84. The van der Waals surface area contributed by atoms with Crippen LogP contribution in [0.25, 0.3) is 0 Å². The molecule has 1 N–H and O–H groups in total. The van der Waals surface area contributed by atoms with Crippen LogP contribution in [0.5, 0.6) is 5.75 Å². The molecule has 1 aliphatic heterocycles. The molecule has 3 atom stereocenters. The number of rotatable bonds is 2. The summed E-state index contributed by atoms with van der Waals surface area (Å²) in [6.07, 6.45) is 5.85. The van der Waals surface area contributed by atoms with E-state index in [9.17, 15) is 0 Å². The molecule has 2 nitrogen and oxygen atoms in total. The predicted octanol–water partition coefficient (Wildman–Crippen LogP) is 4.89. The Balaban J connectivity index is 1.77. The summed E-state index contributed by atoms with van der Waals surface area (Å²) < 4.78 is 5.39. The van der Waals surface area contributed by atoms with Gasteiger partial charge in [-0.2, -0.15) is 0 Å². The van der Waals surface area contributed by atoms with Crippen LogP contribution in [0.2, 0.25) is 0 Å². The molecule has 0 bridgehead atoms. The van der Waals surface area contributed by atoms with Crippen molar-refractivity contribution in [2.24, 2.45) is 5.92 Å². The average Bonchev–Trinajstić information content (AvgIpc) is 3.15. The minimum Gasteiger partial charge on any atom is -0.497 e. The molecule has 2 heterocycles. The zero-order valence-corrected chi connectivity index (χ0v) is 13.1. The number of methoxy groups -OCH3 is 1. The topological polar surface area (TPSA) is 21.3 Å². The number of nitrogens with one attached hydrogen (secondary N) is 1. The van der Waals surface area contributed by atoms with E-state index in [0.29, 0.717) is 17.9 Å². The van der Waals surface area contributed by atoms with E-state index in [1.54, 1.807) is 7.11 Å². The van der Waals surface area contributed by atoms with Gasteiger partial charge in [0.1, 0.15) is 5.75 Å². The summed E-state index contributed by atoms with van der Waals surface area (Å²) >= 11 is 1.91. The Hall–Kier alpha value is -1.74. The van der Waals surface area contributed by atoms with Gasteiger partial charge in [0.15, 0.2) is 0 Å². The van der Waals surface area contributed by atoms with E-state index in [0.717, 1.165) is 12.2 Å². The van der Waals surface area contributed by atoms with Crippen LogP contribution in [0.15, 0.2) is 42.5 Å². The second-order valence-electron chi connectivity index (χ2n) is 5.88. The van der Waals surface area contributed by atoms with Crippen molar-refractivity contribution in [1.82, 2.24) is 0 Å². The van der Waals surface area contributed by atoms with Crippen molar-refractivity contribution in [3.63, 3.8) is 0 Å². The van der Waals surface area contributed by atoms with Crippen molar-refractivity contribution in [3.8, 4) is 5.75 Å². The summed E-state index contributed by atoms with van der Waals surface area (Å²) in [6, 6.07) is 11.3. The number of benzene rings is 1. The van der Waals surface area contributed by atoms with Gasteiger partial charge in [-0.15, -0.1) is 11.3 Å². The third-order valence-electron chi connectivity index (χ3n) is 4.64. The quantitative estimate of drug-likeness (QED) is 0.797. The lowest BCUT2D eigenvalue weighted by Gasteiger charge is -2.37. The normalized spacial score (nSPS) is 26.1. The van der Waals surface area contributed by atoms with Gasteiger partial charge >= 0.3 is 0 Å². The Morgan fingerprint density at radius 1 is 1.24 bits per heavy atom. The summed E-state index contributed by atoms with van der Waals surface area (Å²) in [5.74, 6) is 2.06. The third-order valence-corrected chi connectivity index (χ3v) is 5.72. The Labute approximate surface area is 129 Å². The molecule has 4 rings (SSSR count). The Morgan fingerprint density at radius 3 is 2.90 bits per heavy atom. The van der Waals surface area contributed by atoms with E-state index in [2.05, 4.69) is 48.7 Å². The number of thiophene rings is 1. The molecule has 1 aromatic heterocycles. The van der Waals surface area contributed by atoms with E-state index < -0.39 is 0 Å². The number of allylic oxidation sites excluding steroid dienone is 2. The molecule has 1 aliphatic carbocycles. The zero-order valence-electron chi connectivity index (χ0n) is 12.3. The summed E-state index contributed by atoms with van der Waals surface area (Å²) in [5, 5.41) is 3.76. The van der Waals surface area contributed by atoms with Gasteiger partial charge in [-0.1, -0.05) is 12.2 Å². The molecule has 2 aromatic rings. The third kappa shape index (κ3) is 2.07. The van der Waals surface area contributed by atoms with Gasteiger partial charge in [-0.25, -0.2) is 0 Å². The van der Waals surface area contributed by atoms with Gasteiger partial charge in [0, 0.05) is 21.4 Å². The average molecular weight is 297 g/mol. The van der Waals surface area contributed by atoms with Crippen molar-refractivity contribution in [2.45, 2.75) is 25.3 Å². The van der Waals surface area contributed by atoms with Gasteiger partial charge in [-0.05, 0) is 55.2 Å². The molecule has 21 heavy (non-hydrogen) atoms. The maximum absolute atomic E-state index is 5.39. The predicted molar refractivity (Wildman–Crippen MR) is 88.4 cm³/mol. The number of ether oxygens (including phenoxy) is 1. The molecule has 0 radical (unpaired) electrons. The number of hydrogen-bond donors (Lipinski definition) is 1. The van der Waals surface area contributed by atoms with Crippen molar-refractivity contribution < 1.29 is 4.74 Å². The number of aryl methyl sites for hydroxylation is 1. The molecular weight excluding hydrogens is 278 g/mol. The SMILES string of the molecule is COc1ccc2c(c1)C1C=CCC1C(c1ccc(C)s1)N2. The van der Waals surface area contributed by atoms with Crippen LogP contribution >= 0.6 is 11.3 Å². The fourth-order valence-corrected chi connectivity index (χ4v) is 4.61. The lowest BCUT2D eigenvalue weighted by atomic mass is 9.79. The Kier molecular flexibility index (Phi) is 3.03. The van der Waals surface area contributed by atoms with Crippen LogP contribution in [-0.4, -0.2) is 7.11 Å². The molecule has 108 valence electrons. The van der Waals surface area contributed by atoms with Crippen molar-refractivity contribution >= 4 is 17.0 Å². The molecular formula is C18H19NOS. The summed E-state index contributed by atoms with van der Waals surface area (Å²) in [6.45, 7) is 2.18. The fourth-order valence-electron chi connectivity index (χ4n) is 3.60. The highest BCUT2D eigenvalue weighted by atomic mass is 32.1. The molecule has 2 aliphatic rings. The Morgan fingerprint density at radius 2 is 2.14 bits per heavy atom. The molecule has 0 fully saturated rings. The van der Waals surface area contributed by atoms with Crippen molar-refractivity contribution in [1.29, 1.82) is 0 Å². The maximum Gasteiger partial charge on any atom is 0.119 e. The first kappa shape index (κ1) is 13.0. The van der Waals surface area contributed by atoms with E-state index in [4.69, 9.17) is 4.74 Å². The van der Waals surface area contributed by atoms with E-state index >= 15 is 0 Å². The molecule has 3 heteroatoms. The molecule has 1 aromatic carbocycles. The standard InChI is InChI=1S/C18H19NOS/c1-11-6-9-17(21-11)18-14-5-3-4-13(14)15-10-12(20-2)7-8-16(15)19-18/h3-4,6-10,13-14,18-19H,5H2,1-2H3. The van der Waals surface area contributed by atoms with Gasteiger partial charge in [-0.3, -0.25) is 0 Å². The second kappa shape index (κ2) is 4.92. The van der Waals surface area contributed by atoms with Crippen molar-refractivity contribution in [2.75, 3.05) is 12.4 Å². The Bertz CT molecular complexity index is 703. The summed E-state index contributed by atoms with van der Waals surface area (Å²) in [5.41, 5.74) is 2.62. The number of fused-ring (bicyclic) bond motifs is 3. The largest absolute Gasteiger partial charge is 0.497 e.